The first kappa shape index (κ1) is 12.8. The van der Waals surface area contributed by atoms with Gasteiger partial charge in [-0.2, -0.15) is 4.98 Å². The molecule has 4 rings (SSSR count). The third-order valence-electron chi connectivity index (χ3n) is 4.41. The Hall–Kier alpha value is -1.88. The lowest BCUT2D eigenvalue weighted by atomic mass is 10.1. The summed E-state index contributed by atoms with van der Waals surface area (Å²) in [6.45, 7) is 3.37. The minimum atomic E-state index is 0.249. The molecule has 2 aromatic rings. The average Bonchev–Trinajstić information content (AvgIpc) is 2.96. The molecular formula is C16H20N4O. The van der Waals surface area contributed by atoms with Crippen LogP contribution in [0.25, 0.3) is 11.4 Å². The summed E-state index contributed by atoms with van der Waals surface area (Å²) in [7, 11) is 0. The van der Waals surface area contributed by atoms with E-state index in [1.165, 1.54) is 38.0 Å². The molecule has 5 nitrogen and oxygen atoms in total. The van der Waals surface area contributed by atoms with E-state index in [9.17, 15) is 0 Å². The fourth-order valence-corrected chi connectivity index (χ4v) is 2.97. The lowest BCUT2D eigenvalue weighted by Gasteiger charge is -2.28. The monoisotopic (exact) mass is 284 g/mol. The van der Waals surface area contributed by atoms with E-state index in [-0.39, 0.29) is 6.04 Å². The Morgan fingerprint density at radius 3 is 2.52 bits per heavy atom. The normalized spacial score (nSPS) is 22.1. The van der Waals surface area contributed by atoms with Crippen molar-refractivity contribution in [1.82, 2.24) is 15.5 Å². The fraction of sp³-hybridized carbons (Fsp3) is 0.500. The van der Waals surface area contributed by atoms with Crippen LogP contribution < -0.4 is 10.2 Å². The maximum absolute atomic E-state index is 5.34. The van der Waals surface area contributed by atoms with E-state index in [4.69, 9.17) is 4.52 Å². The van der Waals surface area contributed by atoms with Crippen LogP contribution in [0.3, 0.4) is 0 Å². The quantitative estimate of drug-likeness (QED) is 0.939. The van der Waals surface area contributed by atoms with Gasteiger partial charge in [-0.25, -0.2) is 0 Å². The van der Waals surface area contributed by atoms with Crippen molar-refractivity contribution >= 4 is 5.69 Å². The summed E-state index contributed by atoms with van der Waals surface area (Å²) in [5, 5.41) is 7.37. The van der Waals surface area contributed by atoms with Crippen LogP contribution in [-0.4, -0.2) is 29.8 Å². The number of piperidine rings is 1. The number of benzene rings is 1. The van der Waals surface area contributed by atoms with Crippen LogP contribution in [0.2, 0.25) is 0 Å². The molecular weight excluding hydrogens is 264 g/mol. The largest absolute Gasteiger partial charge is 0.372 e. The first-order valence-corrected chi connectivity index (χ1v) is 7.82. The molecule has 2 aliphatic rings. The maximum Gasteiger partial charge on any atom is 0.244 e. The second-order valence-corrected chi connectivity index (χ2v) is 5.85. The maximum atomic E-state index is 5.34. The first-order chi connectivity index (χ1) is 10.4. The van der Waals surface area contributed by atoms with E-state index in [1.54, 1.807) is 0 Å². The molecule has 0 radical (unpaired) electrons. The molecule has 5 heteroatoms. The Morgan fingerprint density at radius 1 is 1.10 bits per heavy atom. The predicted molar refractivity (Wildman–Crippen MR) is 81.2 cm³/mol. The fourth-order valence-electron chi connectivity index (χ4n) is 2.97. The molecule has 0 aliphatic carbocycles. The lowest BCUT2D eigenvalue weighted by molar-refractivity contribution is 0.273. The van der Waals surface area contributed by atoms with Gasteiger partial charge >= 0.3 is 0 Å². The average molecular weight is 284 g/mol. The van der Waals surface area contributed by atoms with Crippen molar-refractivity contribution in [3.05, 3.63) is 30.2 Å². The number of anilines is 1. The molecule has 0 unspecified atom stereocenters. The second-order valence-electron chi connectivity index (χ2n) is 5.85. The molecule has 1 N–H and O–H groups in total. The van der Waals surface area contributed by atoms with Gasteiger partial charge in [0.2, 0.25) is 11.7 Å². The summed E-state index contributed by atoms with van der Waals surface area (Å²) in [5.74, 6) is 1.39. The lowest BCUT2D eigenvalue weighted by Crippen LogP contribution is -2.35. The number of rotatable bonds is 3. The molecule has 0 bridgehead atoms. The Morgan fingerprint density at radius 2 is 1.86 bits per heavy atom. The van der Waals surface area contributed by atoms with Crippen LogP contribution in [-0.2, 0) is 0 Å². The van der Waals surface area contributed by atoms with Gasteiger partial charge in [0.1, 0.15) is 0 Å². The van der Waals surface area contributed by atoms with Crippen LogP contribution in [0.4, 0.5) is 5.69 Å². The standard InChI is InChI=1S/C16H20N4O/c1-2-10-20(11-3-1)13-6-4-12(5-7-13)15-18-16(21-19-15)14-8-9-17-14/h4-7,14,17H,1-3,8-11H2/t14-/m1/s1. The topological polar surface area (TPSA) is 54.2 Å². The molecule has 3 heterocycles. The molecule has 2 fully saturated rings. The molecule has 2 saturated heterocycles. The number of nitrogens with zero attached hydrogens (tertiary/aromatic N) is 3. The number of aromatic nitrogens is 2. The minimum Gasteiger partial charge on any atom is -0.372 e. The van der Waals surface area contributed by atoms with E-state index in [0.717, 1.165) is 18.5 Å². The van der Waals surface area contributed by atoms with Gasteiger partial charge in [-0.15, -0.1) is 0 Å². The molecule has 0 amide bonds. The molecule has 0 saturated carbocycles. The summed E-state index contributed by atoms with van der Waals surface area (Å²) >= 11 is 0. The van der Waals surface area contributed by atoms with Crippen molar-refractivity contribution in [2.75, 3.05) is 24.5 Å². The molecule has 0 spiro atoms. The van der Waals surface area contributed by atoms with Crippen molar-refractivity contribution in [3.8, 4) is 11.4 Å². The van der Waals surface area contributed by atoms with Crippen LogP contribution in [0.5, 0.6) is 0 Å². The highest BCUT2D eigenvalue weighted by Gasteiger charge is 2.24. The van der Waals surface area contributed by atoms with Gasteiger partial charge in [0.25, 0.3) is 0 Å². The number of hydrogen-bond acceptors (Lipinski definition) is 5. The summed E-state index contributed by atoms with van der Waals surface area (Å²) < 4.78 is 5.34. The third-order valence-corrected chi connectivity index (χ3v) is 4.41. The van der Waals surface area contributed by atoms with Crippen LogP contribution in [0.1, 0.15) is 37.6 Å². The van der Waals surface area contributed by atoms with Crippen molar-refractivity contribution in [2.24, 2.45) is 0 Å². The zero-order valence-corrected chi connectivity index (χ0v) is 12.1. The van der Waals surface area contributed by atoms with Crippen molar-refractivity contribution in [2.45, 2.75) is 31.7 Å². The third kappa shape index (κ3) is 2.53. The van der Waals surface area contributed by atoms with E-state index < -0.39 is 0 Å². The highest BCUT2D eigenvalue weighted by molar-refractivity contribution is 5.60. The van der Waals surface area contributed by atoms with Crippen molar-refractivity contribution < 1.29 is 4.52 Å². The zero-order valence-electron chi connectivity index (χ0n) is 12.1. The van der Waals surface area contributed by atoms with E-state index >= 15 is 0 Å². The van der Waals surface area contributed by atoms with Gasteiger partial charge in [0, 0.05) is 24.3 Å². The van der Waals surface area contributed by atoms with Gasteiger partial charge in [-0.3, -0.25) is 0 Å². The smallest absolute Gasteiger partial charge is 0.244 e. The predicted octanol–water partition coefficient (Wildman–Crippen LogP) is 2.76. The van der Waals surface area contributed by atoms with Gasteiger partial charge in [0.15, 0.2) is 0 Å². The van der Waals surface area contributed by atoms with Crippen molar-refractivity contribution in [1.29, 1.82) is 0 Å². The van der Waals surface area contributed by atoms with Gasteiger partial charge in [0.05, 0.1) is 6.04 Å². The van der Waals surface area contributed by atoms with Crippen LogP contribution in [0.15, 0.2) is 28.8 Å². The van der Waals surface area contributed by atoms with Crippen LogP contribution in [0, 0.1) is 0 Å². The Labute approximate surface area is 124 Å². The SMILES string of the molecule is c1cc(N2CCCCC2)ccc1-c1noc([C@H]2CCN2)n1. The Kier molecular flexibility index (Phi) is 3.35. The number of hydrogen-bond donors (Lipinski definition) is 1. The zero-order chi connectivity index (χ0) is 14.1. The summed E-state index contributed by atoms with van der Waals surface area (Å²) in [6, 6.07) is 8.76. The molecule has 1 aromatic heterocycles. The molecule has 2 aliphatic heterocycles. The van der Waals surface area contributed by atoms with Gasteiger partial charge < -0.3 is 14.7 Å². The molecule has 110 valence electrons. The molecule has 21 heavy (non-hydrogen) atoms. The van der Waals surface area contributed by atoms with E-state index in [1.807, 2.05) is 0 Å². The summed E-state index contributed by atoms with van der Waals surface area (Å²) in [4.78, 5) is 6.94. The molecule has 1 atom stereocenters. The second kappa shape index (κ2) is 5.48. The van der Waals surface area contributed by atoms with E-state index in [2.05, 4.69) is 44.6 Å². The number of nitrogens with one attached hydrogen (secondary N) is 1. The van der Waals surface area contributed by atoms with Crippen LogP contribution >= 0.6 is 0 Å². The highest BCUT2D eigenvalue weighted by atomic mass is 16.5. The summed E-state index contributed by atoms with van der Waals surface area (Å²) in [6.07, 6.45) is 5.03. The Bertz CT molecular complexity index is 597. The highest BCUT2D eigenvalue weighted by Crippen LogP contribution is 2.26. The summed E-state index contributed by atoms with van der Waals surface area (Å²) in [5.41, 5.74) is 2.31. The van der Waals surface area contributed by atoms with Gasteiger partial charge in [-0.1, -0.05) is 5.16 Å². The Balaban J connectivity index is 1.51. The first-order valence-electron chi connectivity index (χ1n) is 7.82. The molecule has 1 aromatic carbocycles. The minimum absolute atomic E-state index is 0.249. The van der Waals surface area contributed by atoms with Gasteiger partial charge in [-0.05, 0) is 56.5 Å². The van der Waals surface area contributed by atoms with Crippen molar-refractivity contribution in [3.63, 3.8) is 0 Å². The van der Waals surface area contributed by atoms with E-state index in [0.29, 0.717) is 11.7 Å².